The summed E-state index contributed by atoms with van der Waals surface area (Å²) in [5, 5.41) is 9.84. The summed E-state index contributed by atoms with van der Waals surface area (Å²) in [5.74, 6) is 0.556. The van der Waals surface area contributed by atoms with E-state index in [1.165, 1.54) is 25.7 Å². The van der Waals surface area contributed by atoms with E-state index in [9.17, 15) is 14.7 Å². The number of esters is 1. The Morgan fingerprint density at radius 1 is 0.588 bits per heavy atom. The molecule has 0 radical (unpaired) electrons. The number of aromatic nitrogens is 4. The van der Waals surface area contributed by atoms with Crippen molar-refractivity contribution in [2.75, 3.05) is 0 Å². The minimum atomic E-state index is -0.168. The topological polar surface area (TPSA) is 115 Å². The summed E-state index contributed by atoms with van der Waals surface area (Å²) in [4.78, 5) is 41.5. The van der Waals surface area contributed by atoms with E-state index in [0.717, 1.165) is 69.5 Å². The van der Waals surface area contributed by atoms with E-state index in [2.05, 4.69) is 78.7 Å². The van der Waals surface area contributed by atoms with Crippen molar-refractivity contribution in [2.24, 2.45) is 11.8 Å². The molecule has 2 fully saturated rings. The quantitative estimate of drug-likeness (QED) is 0.0807. The number of para-hydroxylation sites is 4. The van der Waals surface area contributed by atoms with Gasteiger partial charge >= 0.3 is 5.97 Å². The average molecular weight is 965 g/mol. The Morgan fingerprint density at radius 3 is 1.47 bits per heavy atom. The number of carbonyl (C=O) groups excluding carboxylic acids is 2. The van der Waals surface area contributed by atoms with Gasteiger partial charge in [0.05, 0.1) is 36.9 Å². The third-order valence-corrected chi connectivity index (χ3v) is 11.8. The van der Waals surface area contributed by atoms with E-state index in [4.69, 9.17) is 21.3 Å². The van der Waals surface area contributed by atoms with Crippen LogP contribution in [0, 0.1) is 11.8 Å². The molecule has 13 heteroatoms. The van der Waals surface area contributed by atoms with Gasteiger partial charge in [0.1, 0.15) is 22.1 Å². The molecular weight excluding hydrogens is 932 g/mol. The fourth-order valence-electron chi connectivity index (χ4n) is 6.32. The van der Waals surface area contributed by atoms with E-state index < -0.39 is 0 Å². The van der Waals surface area contributed by atoms with Gasteiger partial charge in [-0.2, -0.15) is 0 Å². The Morgan fingerprint density at radius 2 is 1.00 bits per heavy atom. The van der Waals surface area contributed by atoms with Crippen LogP contribution in [0.5, 0.6) is 11.5 Å². The summed E-state index contributed by atoms with van der Waals surface area (Å²) in [6.45, 7) is 0. The second-order valence-corrected chi connectivity index (χ2v) is 16.4. The molecule has 2 aliphatic carbocycles. The highest BCUT2D eigenvalue weighted by atomic mass is 79.9. The first kappa shape index (κ1) is 38.0. The lowest BCUT2D eigenvalue weighted by molar-refractivity contribution is -0.139. The Bertz CT molecular complexity index is 2240. The molecule has 0 amide bonds. The molecule has 2 heterocycles. The van der Waals surface area contributed by atoms with E-state index >= 15 is 0 Å². The van der Waals surface area contributed by atoms with Gasteiger partial charge in [0.25, 0.3) is 0 Å². The second kappa shape index (κ2) is 17.4. The van der Waals surface area contributed by atoms with Crippen LogP contribution in [0.4, 0.5) is 0 Å². The summed E-state index contributed by atoms with van der Waals surface area (Å²) >= 11 is 19.1. The lowest BCUT2D eigenvalue weighted by Gasteiger charge is -2.20. The van der Waals surface area contributed by atoms with Gasteiger partial charge in [0.2, 0.25) is 5.24 Å². The SMILES string of the molecule is O=C(Cl)C1CCCCC1.O=C(Oc1c(Br)cc(Br)c2nc3ccccc3nc12)C1CCCCC1.Oc1c(Br)cc(Br)c2nc3ccccc3nc12. The largest absolute Gasteiger partial charge is 0.504 e. The number of halogens is 5. The third kappa shape index (κ3) is 9.07. The Balaban J connectivity index is 0.000000148. The molecule has 2 aromatic heterocycles. The molecule has 6 aromatic rings. The number of hydrogen-bond donors (Lipinski definition) is 1. The Labute approximate surface area is 333 Å². The first-order valence-electron chi connectivity index (χ1n) is 16.8. The van der Waals surface area contributed by atoms with Gasteiger partial charge in [-0.25, -0.2) is 19.9 Å². The van der Waals surface area contributed by atoms with Crippen LogP contribution in [0.25, 0.3) is 44.1 Å². The Hall–Kier alpha value is -2.77. The summed E-state index contributed by atoms with van der Waals surface area (Å²) in [5.41, 5.74) is 5.58. The summed E-state index contributed by atoms with van der Waals surface area (Å²) in [6, 6.07) is 18.9. The van der Waals surface area contributed by atoms with Crippen molar-refractivity contribution in [1.29, 1.82) is 0 Å². The molecule has 2 aliphatic rings. The lowest BCUT2D eigenvalue weighted by atomic mass is 9.89. The molecule has 1 N–H and O–H groups in total. The van der Waals surface area contributed by atoms with Crippen molar-refractivity contribution in [3.63, 3.8) is 0 Å². The van der Waals surface area contributed by atoms with Crippen molar-refractivity contribution in [3.05, 3.63) is 78.6 Å². The highest BCUT2D eigenvalue weighted by Gasteiger charge is 2.26. The third-order valence-electron chi connectivity index (χ3n) is 9.05. The smallest absolute Gasteiger partial charge is 0.314 e. The van der Waals surface area contributed by atoms with E-state index in [1.54, 1.807) is 6.07 Å². The first-order chi connectivity index (χ1) is 24.6. The number of carbonyl (C=O) groups is 2. The van der Waals surface area contributed by atoms with Crippen molar-refractivity contribution in [1.82, 2.24) is 19.9 Å². The van der Waals surface area contributed by atoms with Crippen LogP contribution in [0.15, 0.2) is 78.6 Å². The van der Waals surface area contributed by atoms with Crippen LogP contribution in [0.2, 0.25) is 0 Å². The van der Waals surface area contributed by atoms with Crippen LogP contribution in [0.1, 0.15) is 64.2 Å². The maximum atomic E-state index is 12.6. The molecule has 8 nitrogen and oxygen atoms in total. The second-order valence-electron chi connectivity index (χ2n) is 12.6. The van der Waals surface area contributed by atoms with Crippen LogP contribution in [0.3, 0.4) is 0 Å². The molecule has 4 aromatic carbocycles. The maximum absolute atomic E-state index is 12.6. The number of fused-ring (bicyclic) bond motifs is 4. The van der Waals surface area contributed by atoms with Crippen molar-refractivity contribution in [2.45, 2.75) is 64.2 Å². The van der Waals surface area contributed by atoms with Crippen LogP contribution >= 0.6 is 75.3 Å². The van der Waals surface area contributed by atoms with Crippen molar-refractivity contribution in [3.8, 4) is 11.5 Å². The monoisotopic (exact) mass is 960 g/mol. The highest BCUT2D eigenvalue weighted by Crippen LogP contribution is 2.39. The number of hydrogen-bond acceptors (Lipinski definition) is 8. The number of nitrogens with zero attached hydrogens (tertiary/aromatic N) is 4. The van der Waals surface area contributed by atoms with E-state index in [-0.39, 0.29) is 28.8 Å². The zero-order valence-corrected chi connectivity index (χ0v) is 34.4. The normalized spacial score (nSPS) is 15.2. The molecule has 264 valence electrons. The summed E-state index contributed by atoms with van der Waals surface area (Å²) in [7, 11) is 0. The minimum absolute atomic E-state index is 0.0206. The number of phenolic OH excluding ortho intramolecular Hbond substituents is 1. The van der Waals surface area contributed by atoms with Gasteiger partial charge in [-0.05, 0) is 137 Å². The van der Waals surface area contributed by atoms with Gasteiger partial charge in [-0.1, -0.05) is 62.8 Å². The highest BCUT2D eigenvalue weighted by molar-refractivity contribution is 9.11. The lowest BCUT2D eigenvalue weighted by Crippen LogP contribution is -2.23. The van der Waals surface area contributed by atoms with Gasteiger partial charge in [0, 0.05) is 14.9 Å². The van der Waals surface area contributed by atoms with Crippen LogP contribution < -0.4 is 4.74 Å². The van der Waals surface area contributed by atoms with Crippen LogP contribution in [-0.4, -0.2) is 36.3 Å². The molecule has 0 aliphatic heterocycles. The molecule has 0 spiro atoms. The molecular formula is C38H33Br4ClN4O4. The molecule has 8 rings (SSSR count). The summed E-state index contributed by atoms with van der Waals surface area (Å²) < 4.78 is 8.70. The molecule has 0 saturated heterocycles. The van der Waals surface area contributed by atoms with Crippen molar-refractivity contribution >= 4 is 131 Å². The van der Waals surface area contributed by atoms with E-state index in [0.29, 0.717) is 36.8 Å². The molecule has 0 unspecified atom stereocenters. The molecule has 0 atom stereocenters. The number of phenols is 1. The number of rotatable bonds is 3. The van der Waals surface area contributed by atoms with Gasteiger partial charge < -0.3 is 9.84 Å². The minimum Gasteiger partial charge on any atom is -0.504 e. The van der Waals surface area contributed by atoms with Gasteiger partial charge in [-0.15, -0.1) is 0 Å². The zero-order valence-electron chi connectivity index (χ0n) is 27.3. The van der Waals surface area contributed by atoms with Crippen molar-refractivity contribution < 1.29 is 19.4 Å². The standard InChI is InChI=1S/C19H16Br2N2O2.C12H6Br2N2O.C7H11ClO/c20-12-10-13(21)18(25-19(24)11-6-2-1-3-7-11)17-16(12)22-14-8-4-5-9-15(14)23-17;13-6-5-7(14)12(17)11-10(6)15-8-3-1-2-4-9(8)16-11;8-7(9)6-4-2-1-3-5-6/h4-5,8-11H,1-3,6-7H2;1-5,17H;6H,1-5H2. The van der Waals surface area contributed by atoms with E-state index in [1.807, 2.05) is 54.6 Å². The van der Waals surface area contributed by atoms with Crippen LogP contribution in [-0.2, 0) is 9.59 Å². The Kier molecular flexibility index (Phi) is 12.9. The molecule has 51 heavy (non-hydrogen) atoms. The first-order valence-corrected chi connectivity index (χ1v) is 20.3. The predicted molar refractivity (Wildman–Crippen MR) is 216 cm³/mol. The zero-order chi connectivity index (χ0) is 36.1. The average Bonchev–Trinajstić information content (AvgIpc) is 3.15. The fourth-order valence-corrected chi connectivity index (χ4v) is 9.08. The van der Waals surface area contributed by atoms with Gasteiger partial charge in [0.15, 0.2) is 11.5 Å². The predicted octanol–water partition coefficient (Wildman–Crippen LogP) is 12.1. The number of benzene rings is 4. The van der Waals surface area contributed by atoms with Gasteiger partial charge in [-0.3, -0.25) is 9.59 Å². The molecule has 2 saturated carbocycles. The number of ether oxygens (including phenoxy) is 1. The maximum Gasteiger partial charge on any atom is 0.314 e. The summed E-state index contributed by atoms with van der Waals surface area (Å²) in [6.07, 6.45) is 10.9. The molecule has 0 bridgehead atoms. The fraction of sp³-hybridized carbons (Fsp3) is 0.316. The number of aromatic hydroxyl groups is 1.